The summed E-state index contributed by atoms with van der Waals surface area (Å²) < 4.78 is 5.56. The Hall–Kier alpha value is -0.0800. The first kappa shape index (κ1) is 25.2. The van der Waals surface area contributed by atoms with Crippen molar-refractivity contribution in [3.63, 3.8) is 0 Å². The van der Waals surface area contributed by atoms with Gasteiger partial charge in [-0.25, -0.2) is 0 Å². The SMILES string of the molecule is CCNC(=NCC(OC)C(C)(C)C)NCCN(C)C(C)CC.I. The van der Waals surface area contributed by atoms with Crippen molar-refractivity contribution in [1.29, 1.82) is 0 Å². The van der Waals surface area contributed by atoms with E-state index in [9.17, 15) is 0 Å². The van der Waals surface area contributed by atoms with Crippen molar-refractivity contribution >= 4 is 29.9 Å². The van der Waals surface area contributed by atoms with Crippen LogP contribution in [0.1, 0.15) is 48.0 Å². The van der Waals surface area contributed by atoms with Gasteiger partial charge in [0.2, 0.25) is 0 Å². The minimum atomic E-state index is 0. The average Bonchev–Trinajstić information content (AvgIpc) is 2.45. The number of hydrogen-bond donors (Lipinski definition) is 2. The maximum Gasteiger partial charge on any atom is 0.191 e. The summed E-state index contributed by atoms with van der Waals surface area (Å²) in [7, 11) is 3.92. The molecule has 0 rings (SSSR count). The largest absolute Gasteiger partial charge is 0.379 e. The number of likely N-dealkylation sites (N-methyl/N-ethyl adjacent to an activating group) is 1. The smallest absolute Gasteiger partial charge is 0.191 e. The lowest BCUT2D eigenvalue weighted by molar-refractivity contribution is 0.0241. The van der Waals surface area contributed by atoms with E-state index in [1.165, 1.54) is 6.42 Å². The predicted octanol–water partition coefficient (Wildman–Crippen LogP) is 2.95. The normalized spacial score (nSPS) is 15.1. The molecule has 0 spiro atoms. The average molecular weight is 442 g/mol. The number of ether oxygens (including phenoxy) is 1. The molecule has 0 bridgehead atoms. The van der Waals surface area contributed by atoms with E-state index in [2.05, 4.69) is 69.1 Å². The van der Waals surface area contributed by atoms with E-state index in [1.54, 1.807) is 7.11 Å². The van der Waals surface area contributed by atoms with E-state index >= 15 is 0 Å². The Balaban J connectivity index is 0. The standard InChI is InChI=1S/C17H38N4O.HI/c1-9-14(3)21(7)12-11-19-16(18-10-2)20-13-15(22-8)17(4,5)6;/h14-15H,9-13H2,1-8H3,(H2,18,19,20);1H. The summed E-state index contributed by atoms with van der Waals surface area (Å²) in [6, 6.07) is 0.611. The molecule has 2 N–H and O–H groups in total. The number of halogens is 1. The molecule has 0 fully saturated rings. The molecule has 0 aliphatic carbocycles. The first-order valence-electron chi connectivity index (χ1n) is 8.51. The molecule has 23 heavy (non-hydrogen) atoms. The van der Waals surface area contributed by atoms with Crippen molar-refractivity contribution in [1.82, 2.24) is 15.5 Å². The second kappa shape index (κ2) is 13.2. The Labute approximate surface area is 161 Å². The van der Waals surface area contributed by atoms with Gasteiger partial charge in [0.15, 0.2) is 5.96 Å². The van der Waals surface area contributed by atoms with Gasteiger partial charge in [0.1, 0.15) is 0 Å². The van der Waals surface area contributed by atoms with E-state index in [1.807, 2.05) is 0 Å². The molecular weight excluding hydrogens is 403 g/mol. The molecule has 0 saturated heterocycles. The molecular formula is C17H39IN4O. The fraction of sp³-hybridized carbons (Fsp3) is 0.941. The molecule has 0 aromatic heterocycles. The number of hydrogen-bond acceptors (Lipinski definition) is 3. The van der Waals surface area contributed by atoms with E-state index in [-0.39, 0.29) is 35.5 Å². The predicted molar refractivity (Wildman–Crippen MR) is 112 cm³/mol. The molecule has 0 aromatic carbocycles. The molecule has 2 atom stereocenters. The Kier molecular flexibility index (Phi) is 14.5. The molecule has 5 nitrogen and oxygen atoms in total. The van der Waals surface area contributed by atoms with Crippen molar-refractivity contribution in [2.45, 2.75) is 60.1 Å². The fourth-order valence-electron chi connectivity index (χ4n) is 2.10. The van der Waals surface area contributed by atoms with E-state index in [0.29, 0.717) is 12.6 Å². The van der Waals surface area contributed by atoms with Gasteiger partial charge in [-0.1, -0.05) is 27.7 Å². The highest BCUT2D eigenvalue weighted by molar-refractivity contribution is 14.0. The third kappa shape index (κ3) is 11.2. The highest BCUT2D eigenvalue weighted by Crippen LogP contribution is 2.21. The number of rotatable bonds is 9. The van der Waals surface area contributed by atoms with Crippen LogP contribution in [0.5, 0.6) is 0 Å². The first-order valence-corrected chi connectivity index (χ1v) is 8.51. The van der Waals surface area contributed by atoms with Crippen LogP contribution >= 0.6 is 24.0 Å². The third-order valence-electron chi connectivity index (χ3n) is 4.11. The van der Waals surface area contributed by atoms with Crippen molar-refractivity contribution < 1.29 is 4.74 Å². The zero-order valence-electron chi connectivity index (χ0n) is 16.4. The molecule has 6 heteroatoms. The van der Waals surface area contributed by atoms with Crippen molar-refractivity contribution in [3.8, 4) is 0 Å². The quantitative estimate of drug-likeness (QED) is 0.328. The number of aliphatic imine (C=N–C) groups is 1. The summed E-state index contributed by atoms with van der Waals surface area (Å²) in [6.07, 6.45) is 1.29. The highest BCUT2D eigenvalue weighted by atomic mass is 127. The van der Waals surface area contributed by atoms with Gasteiger partial charge in [-0.15, -0.1) is 24.0 Å². The molecule has 0 radical (unpaired) electrons. The molecule has 0 amide bonds. The number of nitrogens with zero attached hydrogens (tertiary/aromatic N) is 2. The Bertz CT molecular complexity index is 318. The van der Waals surface area contributed by atoms with Gasteiger partial charge in [-0.3, -0.25) is 4.99 Å². The van der Waals surface area contributed by atoms with Gasteiger partial charge in [-0.05, 0) is 32.7 Å². The van der Waals surface area contributed by atoms with Crippen molar-refractivity contribution in [2.24, 2.45) is 10.4 Å². The van der Waals surface area contributed by atoms with Crippen LogP contribution in [0.4, 0.5) is 0 Å². The van der Waals surface area contributed by atoms with Crippen LogP contribution in [-0.4, -0.2) is 63.3 Å². The van der Waals surface area contributed by atoms with Crippen LogP contribution in [0.25, 0.3) is 0 Å². The second-order valence-electron chi connectivity index (χ2n) is 6.97. The zero-order chi connectivity index (χ0) is 17.2. The zero-order valence-corrected chi connectivity index (χ0v) is 18.7. The van der Waals surface area contributed by atoms with Gasteiger partial charge in [0, 0.05) is 32.8 Å². The summed E-state index contributed by atoms with van der Waals surface area (Å²) in [4.78, 5) is 7.03. The molecule has 0 saturated carbocycles. The maximum atomic E-state index is 5.56. The van der Waals surface area contributed by atoms with E-state index in [4.69, 9.17) is 4.74 Å². The minimum absolute atomic E-state index is 0. The van der Waals surface area contributed by atoms with Crippen LogP contribution < -0.4 is 10.6 Å². The third-order valence-corrected chi connectivity index (χ3v) is 4.11. The first-order chi connectivity index (χ1) is 10.3. The van der Waals surface area contributed by atoms with Crippen LogP contribution in [0.3, 0.4) is 0 Å². The van der Waals surface area contributed by atoms with Crippen LogP contribution in [0.2, 0.25) is 0 Å². The van der Waals surface area contributed by atoms with Crippen LogP contribution in [-0.2, 0) is 4.74 Å². The Morgan fingerprint density at radius 3 is 2.26 bits per heavy atom. The highest BCUT2D eigenvalue weighted by Gasteiger charge is 2.24. The van der Waals surface area contributed by atoms with Gasteiger partial charge in [0.05, 0.1) is 12.6 Å². The molecule has 0 heterocycles. The Morgan fingerprint density at radius 2 is 1.83 bits per heavy atom. The molecule has 140 valence electrons. The van der Waals surface area contributed by atoms with Gasteiger partial charge < -0.3 is 20.3 Å². The Morgan fingerprint density at radius 1 is 1.22 bits per heavy atom. The van der Waals surface area contributed by atoms with Crippen LogP contribution in [0.15, 0.2) is 4.99 Å². The topological polar surface area (TPSA) is 48.9 Å². The lowest BCUT2D eigenvalue weighted by Crippen LogP contribution is -2.43. The molecule has 0 aliphatic rings. The summed E-state index contributed by atoms with van der Waals surface area (Å²) in [6.45, 7) is 16.5. The summed E-state index contributed by atoms with van der Waals surface area (Å²) in [5, 5.41) is 6.70. The summed E-state index contributed by atoms with van der Waals surface area (Å²) in [5.74, 6) is 0.867. The molecule has 2 unspecified atom stereocenters. The number of guanidine groups is 1. The monoisotopic (exact) mass is 442 g/mol. The lowest BCUT2D eigenvalue weighted by Gasteiger charge is -2.28. The van der Waals surface area contributed by atoms with E-state index in [0.717, 1.165) is 25.6 Å². The van der Waals surface area contributed by atoms with Crippen molar-refractivity contribution in [2.75, 3.05) is 40.3 Å². The molecule has 0 aliphatic heterocycles. The summed E-state index contributed by atoms with van der Waals surface area (Å²) in [5.41, 5.74) is 0.0896. The lowest BCUT2D eigenvalue weighted by atomic mass is 9.89. The minimum Gasteiger partial charge on any atom is -0.379 e. The number of nitrogens with one attached hydrogen (secondary N) is 2. The fourth-order valence-corrected chi connectivity index (χ4v) is 2.10. The second-order valence-corrected chi connectivity index (χ2v) is 6.97. The number of methoxy groups -OCH3 is 1. The van der Waals surface area contributed by atoms with Gasteiger partial charge in [-0.2, -0.15) is 0 Å². The van der Waals surface area contributed by atoms with Gasteiger partial charge >= 0.3 is 0 Å². The summed E-state index contributed by atoms with van der Waals surface area (Å²) >= 11 is 0. The maximum absolute atomic E-state index is 5.56. The van der Waals surface area contributed by atoms with E-state index < -0.39 is 0 Å². The van der Waals surface area contributed by atoms with Crippen molar-refractivity contribution in [3.05, 3.63) is 0 Å². The van der Waals surface area contributed by atoms with Crippen LogP contribution in [0, 0.1) is 5.41 Å². The van der Waals surface area contributed by atoms with Gasteiger partial charge in [0.25, 0.3) is 0 Å². The molecule has 0 aromatic rings.